The Morgan fingerprint density at radius 2 is 1.96 bits per heavy atom. The molecular weight excluding hydrogens is 290 g/mol. The maximum Gasteiger partial charge on any atom is 0.248 e. The molecule has 120 valence electrons. The predicted molar refractivity (Wildman–Crippen MR) is 94.4 cm³/mol. The van der Waals surface area contributed by atoms with Crippen LogP contribution in [-0.4, -0.2) is 26.3 Å². The van der Waals surface area contributed by atoms with E-state index in [1.807, 2.05) is 26.0 Å². The molecule has 2 rings (SSSR count). The fraction of sp³-hybridized carbons (Fsp3) is 0.222. The van der Waals surface area contributed by atoms with Crippen molar-refractivity contribution in [3.8, 4) is 16.9 Å². The van der Waals surface area contributed by atoms with Crippen molar-refractivity contribution in [1.82, 2.24) is 0 Å². The summed E-state index contributed by atoms with van der Waals surface area (Å²) in [5.74, 6) is 0.254. The van der Waals surface area contributed by atoms with Crippen LogP contribution in [0.5, 0.6) is 5.75 Å². The van der Waals surface area contributed by atoms with Crippen LogP contribution in [0.25, 0.3) is 11.1 Å². The average Bonchev–Trinajstić information content (AvgIpc) is 2.50. The van der Waals surface area contributed by atoms with Gasteiger partial charge in [0, 0.05) is 30.1 Å². The minimum absolute atomic E-state index is 0.368. The molecule has 0 spiro atoms. The number of anilines is 1. The van der Waals surface area contributed by atoms with E-state index in [9.17, 15) is 4.79 Å². The number of hydrogen-bond acceptors (Lipinski definition) is 4. The summed E-state index contributed by atoms with van der Waals surface area (Å²) in [5, 5.41) is 0. The van der Waals surface area contributed by atoms with Crippen LogP contribution in [0, 0.1) is 13.8 Å². The van der Waals surface area contributed by atoms with Crippen molar-refractivity contribution in [3.63, 3.8) is 0 Å². The van der Waals surface area contributed by atoms with Crippen molar-refractivity contribution in [2.45, 2.75) is 13.8 Å². The maximum absolute atomic E-state index is 11.6. The van der Waals surface area contributed by atoms with E-state index in [1.54, 1.807) is 32.5 Å². The van der Waals surface area contributed by atoms with E-state index in [2.05, 4.69) is 4.99 Å². The van der Waals surface area contributed by atoms with Crippen molar-refractivity contribution < 1.29 is 9.53 Å². The number of nitrogens with zero attached hydrogens (tertiary/aromatic N) is 1. The second-order valence-electron chi connectivity index (χ2n) is 5.36. The number of aryl methyl sites for hydroxylation is 1. The number of carbonyl (C=O) groups excluding carboxylic acids is 1. The van der Waals surface area contributed by atoms with Crippen LogP contribution >= 0.6 is 0 Å². The summed E-state index contributed by atoms with van der Waals surface area (Å²) in [7, 11) is 3.31. The average molecular weight is 311 g/mol. The van der Waals surface area contributed by atoms with Crippen LogP contribution in [-0.2, 0) is 0 Å². The lowest BCUT2D eigenvalue weighted by atomic mass is 9.89. The molecule has 0 aliphatic heterocycles. The number of nitrogen functional groups attached to an aromatic ring is 1. The zero-order valence-electron chi connectivity index (χ0n) is 13.8. The molecule has 5 heteroatoms. The van der Waals surface area contributed by atoms with Crippen LogP contribution < -0.4 is 16.2 Å². The van der Waals surface area contributed by atoms with E-state index >= 15 is 0 Å². The molecule has 0 unspecified atom stereocenters. The molecule has 0 radical (unpaired) electrons. The number of methoxy groups -OCH3 is 1. The van der Waals surface area contributed by atoms with E-state index in [-0.39, 0.29) is 0 Å². The molecule has 0 aliphatic carbocycles. The fourth-order valence-corrected chi connectivity index (χ4v) is 2.76. The molecule has 5 nitrogen and oxygen atoms in total. The molecule has 0 fully saturated rings. The SMILES string of the molecule is CN=Cc1c(N)cc(C(N)=O)cc1-c1c(C)ccc(OC)c1C. The number of primary amides is 1. The summed E-state index contributed by atoms with van der Waals surface area (Å²) in [6.45, 7) is 3.98. The van der Waals surface area contributed by atoms with E-state index < -0.39 is 5.91 Å². The number of ether oxygens (including phenoxy) is 1. The van der Waals surface area contributed by atoms with Gasteiger partial charge in [0.15, 0.2) is 0 Å². The molecule has 2 aromatic rings. The zero-order valence-corrected chi connectivity index (χ0v) is 13.8. The highest BCUT2D eigenvalue weighted by atomic mass is 16.5. The van der Waals surface area contributed by atoms with Crippen LogP contribution in [0.15, 0.2) is 29.3 Å². The second-order valence-corrected chi connectivity index (χ2v) is 5.36. The first-order chi connectivity index (χ1) is 10.9. The van der Waals surface area contributed by atoms with Gasteiger partial charge in [-0.15, -0.1) is 0 Å². The Hall–Kier alpha value is -2.82. The minimum atomic E-state index is -0.517. The van der Waals surface area contributed by atoms with Gasteiger partial charge < -0.3 is 16.2 Å². The minimum Gasteiger partial charge on any atom is -0.496 e. The van der Waals surface area contributed by atoms with Gasteiger partial charge in [0.05, 0.1) is 7.11 Å². The lowest BCUT2D eigenvalue weighted by molar-refractivity contribution is 0.100. The maximum atomic E-state index is 11.6. The van der Waals surface area contributed by atoms with Crippen LogP contribution in [0.2, 0.25) is 0 Å². The first-order valence-corrected chi connectivity index (χ1v) is 7.20. The fourth-order valence-electron chi connectivity index (χ4n) is 2.76. The number of rotatable bonds is 4. The Balaban J connectivity index is 2.89. The summed E-state index contributed by atoms with van der Waals surface area (Å²) in [5.41, 5.74) is 17.0. The third-order valence-electron chi connectivity index (χ3n) is 3.87. The van der Waals surface area contributed by atoms with Gasteiger partial charge in [0.1, 0.15) is 5.75 Å². The normalized spacial score (nSPS) is 11.0. The van der Waals surface area contributed by atoms with Crippen LogP contribution in [0.1, 0.15) is 27.0 Å². The van der Waals surface area contributed by atoms with Crippen molar-refractivity contribution in [2.24, 2.45) is 10.7 Å². The monoisotopic (exact) mass is 311 g/mol. The van der Waals surface area contributed by atoms with Gasteiger partial charge in [-0.25, -0.2) is 0 Å². The number of nitrogens with two attached hydrogens (primary N) is 2. The Morgan fingerprint density at radius 3 is 2.52 bits per heavy atom. The van der Waals surface area contributed by atoms with Crippen molar-refractivity contribution in [1.29, 1.82) is 0 Å². The van der Waals surface area contributed by atoms with Gasteiger partial charge in [-0.2, -0.15) is 0 Å². The van der Waals surface area contributed by atoms with Crippen LogP contribution in [0.4, 0.5) is 5.69 Å². The standard InChI is InChI=1S/C18H21N3O2/c1-10-5-6-16(23-4)11(2)17(10)13-7-12(18(20)22)8-15(19)14(13)9-21-3/h5-9H,19H2,1-4H3,(H2,20,22). The number of hydrogen-bond donors (Lipinski definition) is 2. The smallest absolute Gasteiger partial charge is 0.248 e. The third-order valence-corrected chi connectivity index (χ3v) is 3.87. The molecule has 0 saturated heterocycles. The van der Waals surface area contributed by atoms with Gasteiger partial charge >= 0.3 is 0 Å². The summed E-state index contributed by atoms with van der Waals surface area (Å²) in [6.07, 6.45) is 1.69. The largest absolute Gasteiger partial charge is 0.496 e. The Morgan fingerprint density at radius 1 is 1.26 bits per heavy atom. The van der Waals surface area contributed by atoms with Crippen molar-refractivity contribution in [2.75, 3.05) is 19.9 Å². The number of carbonyl (C=O) groups is 1. The molecular formula is C18H21N3O2. The van der Waals surface area contributed by atoms with E-state index in [0.717, 1.165) is 33.6 Å². The molecule has 0 saturated carbocycles. The molecule has 0 atom stereocenters. The van der Waals surface area contributed by atoms with E-state index in [0.29, 0.717) is 11.3 Å². The first kappa shape index (κ1) is 16.5. The second kappa shape index (κ2) is 6.52. The quantitative estimate of drug-likeness (QED) is 0.672. The first-order valence-electron chi connectivity index (χ1n) is 7.20. The summed E-state index contributed by atoms with van der Waals surface area (Å²) in [6, 6.07) is 7.22. The summed E-state index contributed by atoms with van der Waals surface area (Å²) < 4.78 is 5.41. The van der Waals surface area contributed by atoms with Crippen molar-refractivity contribution >= 4 is 17.8 Å². The Kier molecular flexibility index (Phi) is 4.69. The number of aliphatic imine (C=N–C) groups is 1. The zero-order chi connectivity index (χ0) is 17.1. The van der Waals surface area contributed by atoms with E-state index in [1.165, 1.54) is 0 Å². The number of amides is 1. The summed E-state index contributed by atoms with van der Waals surface area (Å²) in [4.78, 5) is 15.7. The van der Waals surface area contributed by atoms with Gasteiger partial charge in [0.25, 0.3) is 0 Å². The number of benzene rings is 2. The van der Waals surface area contributed by atoms with Gasteiger partial charge in [-0.3, -0.25) is 9.79 Å². The predicted octanol–water partition coefficient (Wildman–Crippen LogP) is 2.71. The van der Waals surface area contributed by atoms with Gasteiger partial charge in [-0.05, 0) is 54.3 Å². The van der Waals surface area contributed by atoms with Gasteiger partial charge in [-0.1, -0.05) is 6.07 Å². The molecule has 2 aromatic carbocycles. The van der Waals surface area contributed by atoms with Crippen molar-refractivity contribution in [3.05, 3.63) is 46.5 Å². The van der Waals surface area contributed by atoms with E-state index in [4.69, 9.17) is 16.2 Å². The van der Waals surface area contributed by atoms with Gasteiger partial charge in [0.2, 0.25) is 5.91 Å². The molecule has 23 heavy (non-hydrogen) atoms. The molecule has 0 aliphatic rings. The molecule has 4 N–H and O–H groups in total. The Labute approximate surface area is 136 Å². The molecule has 1 amide bonds. The lowest BCUT2D eigenvalue weighted by Gasteiger charge is -2.17. The highest BCUT2D eigenvalue weighted by molar-refractivity contribution is 6.03. The molecule has 0 aromatic heterocycles. The Bertz CT molecular complexity index is 795. The highest BCUT2D eigenvalue weighted by Crippen LogP contribution is 2.37. The molecule has 0 bridgehead atoms. The lowest BCUT2D eigenvalue weighted by Crippen LogP contribution is -2.13. The third kappa shape index (κ3) is 3.04. The topological polar surface area (TPSA) is 90.7 Å². The molecule has 0 heterocycles. The summed E-state index contributed by atoms with van der Waals surface area (Å²) >= 11 is 0. The highest BCUT2D eigenvalue weighted by Gasteiger charge is 2.17. The van der Waals surface area contributed by atoms with Crippen LogP contribution in [0.3, 0.4) is 0 Å².